The van der Waals surface area contributed by atoms with Crippen molar-refractivity contribution >= 4 is 11.8 Å². The van der Waals surface area contributed by atoms with Crippen LogP contribution in [0.25, 0.3) is 0 Å². The number of benzene rings is 1. The fourth-order valence-electron chi connectivity index (χ4n) is 3.68. The Bertz CT molecular complexity index is 585. The van der Waals surface area contributed by atoms with Gasteiger partial charge in [0.25, 0.3) is 0 Å². The Labute approximate surface area is 143 Å². The maximum atomic E-state index is 12.0. The molecule has 5 nitrogen and oxygen atoms in total. The van der Waals surface area contributed by atoms with Crippen molar-refractivity contribution in [1.82, 2.24) is 10.2 Å². The summed E-state index contributed by atoms with van der Waals surface area (Å²) in [5, 5.41) is 2.99. The van der Waals surface area contributed by atoms with Gasteiger partial charge in [0, 0.05) is 38.5 Å². The van der Waals surface area contributed by atoms with Crippen molar-refractivity contribution in [1.29, 1.82) is 0 Å². The molecule has 2 amide bonds. The lowest BCUT2D eigenvalue weighted by Crippen LogP contribution is -2.31. The van der Waals surface area contributed by atoms with E-state index in [2.05, 4.69) is 5.32 Å². The maximum absolute atomic E-state index is 12.0. The van der Waals surface area contributed by atoms with E-state index in [-0.39, 0.29) is 17.9 Å². The summed E-state index contributed by atoms with van der Waals surface area (Å²) in [5.74, 6) is 0.672. The monoisotopic (exact) mass is 329 g/mol. The molecule has 2 aliphatic rings. The average Bonchev–Trinajstić information content (AvgIpc) is 3.16. The molecule has 1 saturated heterocycles. The lowest BCUT2D eigenvalue weighted by atomic mass is 10.00. The summed E-state index contributed by atoms with van der Waals surface area (Å²) in [6.07, 6.45) is 5.43. The van der Waals surface area contributed by atoms with Crippen LogP contribution >= 0.6 is 0 Å². The summed E-state index contributed by atoms with van der Waals surface area (Å²) in [7, 11) is 0. The van der Waals surface area contributed by atoms with Crippen molar-refractivity contribution in [2.24, 2.45) is 11.7 Å². The molecule has 0 bridgehead atoms. The SMILES string of the molecule is N[C@@H]1CCC[C@H]1CC(=O)NCc1ccc(CN2CCCC2=O)cc1. The summed E-state index contributed by atoms with van der Waals surface area (Å²) in [6, 6.07) is 8.32. The molecule has 0 aromatic heterocycles. The highest BCUT2D eigenvalue weighted by molar-refractivity contribution is 5.78. The summed E-state index contributed by atoms with van der Waals surface area (Å²) in [5.41, 5.74) is 8.24. The van der Waals surface area contributed by atoms with Gasteiger partial charge in [0.1, 0.15) is 0 Å². The Kier molecular flexibility index (Phi) is 5.51. The van der Waals surface area contributed by atoms with E-state index >= 15 is 0 Å². The molecule has 1 saturated carbocycles. The Morgan fingerprint density at radius 1 is 1.17 bits per heavy atom. The van der Waals surface area contributed by atoms with Crippen molar-refractivity contribution in [3.8, 4) is 0 Å². The van der Waals surface area contributed by atoms with Gasteiger partial charge in [-0.25, -0.2) is 0 Å². The third kappa shape index (κ3) is 4.35. The molecule has 0 unspecified atom stereocenters. The zero-order valence-electron chi connectivity index (χ0n) is 14.2. The smallest absolute Gasteiger partial charge is 0.222 e. The van der Waals surface area contributed by atoms with E-state index in [0.717, 1.165) is 43.4 Å². The summed E-state index contributed by atoms with van der Waals surface area (Å²) < 4.78 is 0. The van der Waals surface area contributed by atoms with Crippen LogP contribution in [0, 0.1) is 5.92 Å². The van der Waals surface area contributed by atoms with Crippen molar-refractivity contribution in [2.75, 3.05) is 6.54 Å². The number of nitrogens with zero attached hydrogens (tertiary/aromatic N) is 1. The van der Waals surface area contributed by atoms with Gasteiger partial charge in [0.05, 0.1) is 0 Å². The Hall–Kier alpha value is -1.88. The first kappa shape index (κ1) is 17.0. The van der Waals surface area contributed by atoms with Crippen LogP contribution in [0.4, 0.5) is 0 Å². The molecule has 0 spiro atoms. The summed E-state index contributed by atoms with van der Waals surface area (Å²) in [4.78, 5) is 25.6. The second-order valence-electron chi connectivity index (χ2n) is 7.07. The molecular formula is C19H27N3O2. The minimum atomic E-state index is 0.0871. The predicted octanol–water partition coefficient (Wildman–Crippen LogP) is 1.94. The van der Waals surface area contributed by atoms with Gasteiger partial charge in [-0.15, -0.1) is 0 Å². The van der Waals surface area contributed by atoms with Crippen molar-refractivity contribution in [3.63, 3.8) is 0 Å². The molecule has 130 valence electrons. The first-order valence-electron chi connectivity index (χ1n) is 8.99. The van der Waals surface area contributed by atoms with Crippen molar-refractivity contribution < 1.29 is 9.59 Å². The van der Waals surface area contributed by atoms with E-state index in [9.17, 15) is 9.59 Å². The molecule has 3 N–H and O–H groups in total. The Morgan fingerprint density at radius 2 is 1.92 bits per heavy atom. The number of nitrogens with one attached hydrogen (secondary N) is 1. The molecule has 1 aliphatic heterocycles. The van der Waals surface area contributed by atoms with Crippen LogP contribution < -0.4 is 11.1 Å². The molecule has 1 aromatic carbocycles. The second kappa shape index (κ2) is 7.79. The minimum Gasteiger partial charge on any atom is -0.352 e. The normalized spacial score (nSPS) is 23.7. The van der Waals surface area contributed by atoms with Crippen LogP contribution in [0.1, 0.15) is 49.7 Å². The Balaban J connectivity index is 1.44. The number of amides is 2. The fourth-order valence-corrected chi connectivity index (χ4v) is 3.68. The molecule has 3 rings (SSSR count). The van der Waals surface area contributed by atoms with Gasteiger partial charge < -0.3 is 16.0 Å². The lowest BCUT2D eigenvalue weighted by Gasteiger charge is -2.16. The number of hydrogen-bond acceptors (Lipinski definition) is 3. The summed E-state index contributed by atoms with van der Waals surface area (Å²) >= 11 is 0. The maximum Gasteiger partial charge on any atom is 0.222 e. The zero-order valence-corrected chi connectivity index (χ0v) is 14.2. The van der Waals surface area contributed by atoms with Gasteiger partial charge in [-0.1, -0.05) is 30.7 Å². The van der Waals surface area contributed by atoms with Gasteiger partial charge in [-0.05, 0) is 36.3 Å². The van der Waals surface area contributed by atoms with Crippen LogP contribution in [0.15, 0.2) is 24.3 Å². The number of likely N-dealkylation sites (tertiary alicyclic amines) is 1. The number of carbonyl (C=O) groups excluding carboxylic acids is 2. The molecule has 0 radical (unpaired) electrons. The van der Waals surface area contributed by atoms with E-state index in [0.29, 0.717) is 31.8 Å². The molecule has 2 fully saturated rings. The fraction of sp³-hybridized carbons (Fsp3) is 0.579. The molecule has 1 heterocycles. The van der Waals surface area contributed by atoms with Gasteiger partial charge in [-0.2, -0.15) is 0 Å². The van der Waals surface area contributed by atoms with Gasteiger partial charge in [0.15, 0.2) is 0 Å². The quantitative estimate of drug-likeness (QED) is 0.837. The van der Waals surface area contributed by atoms with E-state index in [1.54, 1.807) is 0 Å². The van der Waals surface area contributed by atoms with Crippen LogP contribution in [0.5, 0.6) is 0 Å². The number of carbonyl (C=O) groups is 2. The molecule has 24 heavy (non-hydrogen) atoms. The van der Waals surface area contributed by atoms with Crippen LogP contribution in [0.2, 0.25) is 0 Å². The molecular weight excluding hydrogens is 302 g/mol. The largest absolute Gasteiger partial charge is 0.352 e. The van der Waals surface area contributed by atoms with E-state index < -0.39 is 0 Å². The predicted molar refractivity (Wildman–Crippen MR) is 92.9 cm³/mol. The van der Waals surface area contributed by atoms with Crippen LogP contribution in [-0.4, -0.2) is 29.3 Å². The molecule has 2 atom stereocenters. The highest BCUT2D eigenvalue weighted by Gasteiger charge is 2.25. The lowest BCUT2D eigenvalue weighted by molar-refractivity contribution is -0.128. The number of rotatable bonds is 6. The first-order chi connectivity index (χ1) is 11.6. The van der Waals surface area contributed by atoms with E-state index in [1.165, 1.54) is 0 Å². The van der Waals surface area contributed by atoms with Crippen LogP contribution in [0.3, 0.4) is 0 Å². The third-order valence-electron chi connectivity index (χ3n) is 5.22. The van der Waals surface area contributed by atoms with E-state index in [1.807, 2.05) is 29.2 Å². The van der Waals surface area contributed by atoms with Gasteiger partial charge >= 0.3 is 0 Å². The van der Waals surface area contributed by atoms with E-state index in [4.69, 9.17) is 5.73 Å². The minimum absolute atomic E-state index is 0.0871. The molecule has 5 heteroatoms. The van der Waals surface area contributed by atoms with Crippen LogP contribution in [-0.2, 0) is 22.7 Å². The van der Waals surface area contributed by atoms with Gasteiger partial charge in [0.2, 0.25) is 11.8 Å². The standard InChI is InChI=1S/C19H27N3O2/c20-17-4-1-3-16(17)11-18(23)21-12-14-6-8-15(9-7-14)13-22-10-2-5-19(22)24/h6-9,16-17H,1-5,10-13,20H2,(H,21,23)/t16-,17+/m0/s1. The average molecular weight is 329 g/mol. The highest BCUT2D eigenvalue weighted by Crippen LogP contribution is 2.26. The highest BCUT2D eigenvalue weighted by atomic mass is 16.2. The Morgan fingerprint density at radius 3 is 2.54 bits per heavy atom. The second-order valence-corrected chi connectivity index (χ2v) is 7.07. The van der Waals surface area contributed by atoms with Gasteiger partial charge in [-0.3, -0.25) is 9.59 Å². The summed E-state index contributed by atoms with van der Waals surface area (Å²) in [6.45, 7) is 2.09. The zero-order chi connectivity index (χ0) is 16.9. The van der Waals surface area contributed by atoms with Crippen molar-refractivity contribution in [2.45, 2.75) is 57.7 Å². The topological polar surface area (TPSA) is 75.4 Å². The molecule has 1 aliphatic carbocycles. The van der Waals surface area contributed by atoms with Crippen molar-refractivity contribution in [3.05, 3.63) is 35.4 Å². The third-order valence-corrected chi connectivity index (χ3v) is 5.22. The molecule has 1 aromatic rings. The number of hydrogen-bond donors (Lipinski definition) is 2. The first-order valence-corrected chi connectivity index (χ1v) is 8.99. The number of nitrogens with two attached hydrogens (primary N) is 1.